The van der Waals surface area contributed by atoms with Gasteiger partial charge in [0.1, 0.15) is 5.82 Å². The molecule has 5 nitrogen and oxygen atoms in total. The van der Waals surface area contributed by atoms with Crippen molar-refractivity contribution in [3.63, 3.8) is 0 Å². The predicted molar refractivity (Wildman–Crippen MR) is 64.2 cm³/mol. The lowest BCUT2D eigenvalue weighted by atomic mass is 10.1. The van der Waals surface area contributed by atoms with Gasteiger partial charge in [0.15, 0.2) is 0 Å². The first-order chi connectivity index (χ1) is 9.77. The predicted octanol–water partition coefficient (Wildman–Crippen LogP) is 2.18. The molecule has 9 heteroatoms. The van der Waals surface area contributed by atoms with Gasteiger partial charge in [0, 0.05) is 6.07 Å². The summed E-state index contributed by atoms with van der Waals surface area (Å²) >= 11 is 0. The molecule has 0 bridgehead atoms. The summed E-state index contributed by atoms with van der Waals surface area (Å²) < 4.78 is 50.7. The Kier molecular flexibility index (Phi) is 3.74. The fourth-order valence-corrected chi connectivity index (χ4v) is 1.52. The molecule has 0 atom stereocenters. The minimum atomic E-state index is -4.70. The number of halogens is 4. The summed E-state index contributed by atoms with van der Waals surface area (Å²) in [5.74, 6) is -2.31. The fourth-order valence-electron chi connectivity index (χ4n) is 1.52. The molecule has 0 aliphatic carbocycles. The fraction of sp³-hybridized carbons (Fsp3) is 0.0833. The standard InChI is InChI=1S/C12H7F4N3O2/c13-9-3-6(12(14,15)16)1-2-8(9)11(21)18-7-4-10(20)19-17-5-7/h1-5H,(H2,18,19,20,21). The number of benzene rings is 1. The Balaban J connectivity index is 2.26. The summed E-state index contributed by atoms with van der Waals surface area (Å²) in [7, 11) is 0. The van der Waals surface area contributed by atoms with Crippen molar-refractivity contribution in [1.82, 2.24) is 10.2 Å². The van der Waals surface area contributed by atoms with Gasteiger partial charge in [0.05, 0.1) is 23.0 Å². The molecule has 0 saturated carbocycles. The van der Waals surface area contributed by atoms with Crippen LogP contribution in [0.4, 0.5) is 23.2 Å². The summed E-state index contributed by atoms with van der Waals surface area (Å²) in [5.41, 5.74) is -2.39. The van der Waals surface area contributed by atoms with Gasteiger partial charge in [-0.1, -0.05) is 0 Å². The highest BCUT2D eigenvalue weighted by molar-refractivity contribution is 6.04. The summed E-state index contributed by atoms with van der Waals surface area (Å²) in [6.45, 7) is 0. The third-order valence-corrected chi connectivity index (χ3v) is 2.46. The number of carbonyl (C=O) groups is 1. The number of carbonyl (C=O) groups excluding carboxylic acids is 1. The van der Waals surface area contributed by atoms with Gasteiger partial charge >= 0.3 is 6.18 Å². The maximum atomic E-state index is 13.6. The van der Waals surface area contributed by atoms with E-state index in [1.165, 1.54) is 0 Å². The molecule has 21 heavy (non-hydrogen) atoms. The van der Waals surface area contributed by atoms with E-state index in [4.69, 9.17) is 0 Å². The van der Waals surface area contributed by atoms with Crippen molar-refractivity contribution in [3.8, 4) is 0 Å². The lowest BCUT2D eigenvalue weighted by molar-refractivity contribution is -0.137. The Morgan fingerprint density at radius 1 is 1.24 bits per heavy atom. The van der Waals surface area contributed by atoms with Crippen LogP contribution < -0.4 is 10.9 Å². The number of aromatic amines is 1. The highest BCUT2D eigenvalue weighted by Gasteiger charge is 2.31. The van der Waals surface area contributed by atoms with Crippen LogP contribution in [0, 0.1) is 5.82 Å². The van der Waals surface area contributed by atoms with E-state index in [-0.39, 0.29) is 11.8 Å². The molecule has 0 fully saturated rings. The van der Waals surface area contributed by atoms with E-state index in [0.717, 1.165) is 12.3 Å². The number of nitrogens with one attached hydrogen (secondary N) is 2. The molecular formula is C12H7F4N3O2. The monoisotopic (exact) mass is 301 g/mol. The third-order valence-electron chi connectivity index (χ3n) is 2.46. The number of H-pyrrole nitrogens is 1. The topological polar surface area (TPSA) is 74.8 Å². The minimum absolute atomic E-state index is 0.0111. The number of nitrogens with zero attached hydrogens (tertiary/aromatic N) is 1. The molecule has 0 radical (unpaired) electrons. The van der Waals surface area contributed by atoms with Crippen LogP contribution in [-0.2, 0) is 6.18 Å². The third kappa shape index (κ3) is 3.44. The molecule has 0 aliphatic heterocycles. The van der Waals surface area contributed by atoms with Crippen LogP contribution in [0.25, 0.3) is 0 Å². The largest absolute Gasteiger partial charge is 0.416 e. The molecule has 1 heterocycles. The molecular weight excluding hydrogens is 294 g/mol. The zero-order valence-corrected chi connectivity index (χ0v) is 10.2. The Labute approximate surface area is 114 Å². The van der Waals surface area contributed by atoms with Crippen LogP contribution in [0.2, 0.25) is 0 Å². The van der Waals surface area contributed by atoms with Gasteiger partial charge in [-0.15, -0.1) is 0 Å². The molecule has 1 aromatic heterocycles. The number of hydrogen-bond donors (Lipinski definition) is 2. The molecule has 0 spiro atoms. The van der Waals surface area contributed by atoms with E-state index in [1.54, 1.807) is 0 Å². The van der Waals surface area contributed by atoms with Crippen LogP contribution in [0.5, 0.6) is 0 Å². The summed E-state index contributed by atoms with van der Waals surface area (Å²) in [4.78, 5) is 22.7. The molecule has 2 aromatic rings. The Morgan fingerprint density at radius 3 is 2.52 bits per heavy atom. The Hall–Kier alpha value is -2.71. The molecule has 0 aliphatic rings. The molecule has 1 amide bonds. The maximum Gasteiger partial charge on any atom is 0.416 e. The Morgan fingerprint density at radius 2 is 1.95 bits per heavy atom. The number of alkyl halides is 3. The van der Waals surface area contributed by atoms with Crippen LogP contribution in [0.3, 0.4) is 0 Å². The minimum Gasteiger partial charge on any atom is -0.320 e. The first-order valence-electron chi connectivity index (χ1n) is 5.50. The van der Waals surface area contributed by atoms with E-state index in [2.05, 4.69) is 15.5 Å². The van der Waals surface area contributed by atoms with Crippen molar-refractivity contribution in [2.45, 2.75) is 6.18 Å². The number of anilines is 1. The van der Waals surface area contributed by atoms with E-state index in [0.29, 0.717) is 12.1 Å². The lowest BCUT2D eigenvalue weighted by Gasteiger charge is -2.09. The average Bonchev–Trinajstić information content (AvgIpc) is 2.37. The molecule has 0 saturated heterocycles. The molecule has 1 aromatic carbocycles. The van der Waals surface area contributed by atoms with Crippen LogP contribution in [0.1, 0.15) is 15.9 Å². The lowest BCUT2D eigenvalue weighted by Crippen LogP contribution is -2.17. The van der Waals surface area contributed by atoms with Crippen LogP contribution in [-0.4, -0.2) is 16.1 Å². The van der Waals surface area contributed by atoms with E-state index < -0.39 is 34.6 Å². The normalized spacial score (nSPS) is 11.2. The zero-order chi connectivity index (χ0) is 15.6. The van der Waals surface area contributed by atoms with Gasteiger partial charge in [0.2, 0.25) is 0 Å². The second kappa shape index (κ2) is 5.35. The highest BCUT2D eigenvalue weighted by atomic mass is 19.4. The van der Waals surface area contributed by atoms with E-state index in [9.17, 15) is 27.2 Å². The van der Waals surface area contributed by atoms with Gasteiger partial charge in [-0.2, -0.15) is 18.3 Å². The van der Waals surface area contributed by atoms with Crippen molar-refractivity contribution in [1.29, 1.82) is 0 Å². The number of hydrogen-bond acceptors (Lipinski definition) is 3. The van der Waals surface area contributed by atoms with Gasteiger partial charge < -0.3 is 5.32 Å². The second-order valence-electron chi connectivity index (χ2n) is 3.98. The average molecular weight is 301 g/mol. The van der Waals surface area contributed by atoms with Crippen molar-refractivity contribution < 1.29 is 22.4 Å². The van der Waals surface area contributed by atoms with E-state index in [1.807, 2.05) is 0 Å². The van der Waals surface area contributed by atoms with Crippen molar-refractivity contribution in [2.75, 3.05) is 5.32 Å². The van der Waals surface area contributed by atoms with Gasteiger partial charge in [-0.05, 0) is 18.2 Å². The summed E-state index contributed by atoms with van der Waals surface area (Å²) in [6.07, 6.45) is -3.60. The number of aromatic nitrogens is 2. The van der Waals surface area contributed by atoms with E-state index >= 15 is 0 Å². The van der Waals surface area contributed by atoms with Gasteiger partial charge in [-0.25, -0.2) is 9.49 Å². The summed E-state index contributed by atoms with van der Waals surface area (Å²) in [5, 5.41) is 7.62. The van der Waals surface area contributed by atoms with Gasteiger partial charge in [-0.3, -0.25) is 9.59 Å². The SMILES string of the molecule is O=C(Nc1cn[nH]c(=O)c1)c1ccc(C(F)(F)F)cc1F. The highest BCUT2D eigenvalue weighted by Crippen LogP contribution is 2.30. The first-order valence-corrected chi connectivity index (χ1v) is 5.50. The first kappa shape index (κ1) is 14.7. The number of amides is 1. The van der Waals surface area contributed by atoms with Crippen LogP contribution in [0.15, 0.2) is 35.3 Å². The molecule has 110 valence electrons. The number of rotatable bonds is 2. The quantitative estimate of drug-likeness (QED) is 0.835. The molecule has 2 rings (SSSR count). The van der Waals surface area contributed by atoms with Crippen molar-refractivity contribution in [3.05, 3.63) is 57.8 Å². The summed E-state index contributed by atoms with van der Waals surface area (Å²) in [6, 6.07) is 2.53. The zero-order valence-electron chi connectivity index (χ0n) is 10.2. The van der Waals surface area contributed by atoms with Crippen molar-refractivity contribution >= 4 is 11.6 Å². The smallest absolute Gasteiger partial charge is 0.320 e. The molecule has 0 unspecified atom stereocenters. The Bertz CT molecular complexity index is 740. The second-order valence-corrected chi connectivity index (χ2v) is 3.98. The maximum absolute atomic E-state index is 13.6. The molecule has 2 N–H and O–H groups in total. The van der Waals surface area contributed by atoms with Gasteiger partial charge in [0.25, 0.3) is 11.5 Å². The van der Waals surface area contributed by atoms with Crippen LogP contribution >= 0.6 is 0 Å². The van der Waals surface area contributed by atoms with Crippen molar-refractivity contribution in [2.24, 2.45) is 0 Å².